The summed E-state index contributed by atoms with van der Waals surface area (Å²) in [7, 11) is 2.11. The maximum absolute atomic E-state index is 11.8. The van der Waals surface area contributed by atoms with Gasteiger partial charge in [0.1, 0.15) is 5.54 Å². The van der Waals surface area contributed by atoms with Crippen LogP contribution in [0.15, 0.2) is 0 Å². The molecule has 2 aliphatic rings. The van der Waals surface area contributed by atoms with Crippen molar-refractivity contribution in [2.24, 2.45) is 0 Å². The maximum Gasteiger partial charge on any atom is 0.324 e. The number of piperidine rings is 1. The Kier molecular flexibility index (Phi) is 4.81. The van der Waals surface area contributed by atoms with Gasteiger partial charge in [0.25, 0.3) is 0 Å². The Hall–Kier alpha value is -0.650. The van der Waals surface area contributed by atoms with E-state index in [1.54, 1.807) is 0 Å². The lowest BCUT2D eigenvalue weighted by molar-refractivity contribution is -0.157. The fraction of sp³-hybridized carbons (Fsp3) is 0.929. The molecule has 0 saturated carbocycles. The van der Waals surface area contributed by atoms with E-state index in [2.05, 4.69) is 28.7 Å². The molecule has 0 aromatic heterocycles. The van der Waals surface area contributed by atoms with Crippen molar-refractivity contribution in [3.8, 4) is 0 Å². The number of hydrogen-bond donors (Lipinski definition) is 1. The summed E-state index contributed by atoms with van der Waals surface area (Å²) in [5.74, 6) is -0.617. The summed E-state index contributed by atoms with van der Waals surface area (Å²) in [6, 6.07) is 0. The van der Waals surface area contributed by atoms with E-state index < -0.39 is 11.5 Å². The highest BCUT2D eigenvalue weighted by Gasteiger charge is 2.46. The Balaban J connectivity index is 2.02. The zero-order valence-electron chi connectivity index (χ0n) is 12.3. The number of nitrogens with zero attached hydrogens (tertiary/aromatic N) is 3. The normalized spacial score (nSPS) is 26.4. The number of carboxylic acid groups (broad SMARTS) is 1. The zero-order chi connectivity index (χ0) is 13.9. The van der Waals surface area contributed by atoms with Gasteiger partial charge in [-0.3, -0.25) is 9.69 Å². The number of piperazine rings is 1. The molecule has 5 nitrogen and oxygen atoms in total. The first-order chi connectivity index (χ1) is 9.08. The summed E-state index contributed by atoms with van der Waals surface area (Å²) in [4.78, 5) is 18.7. The van der Waals surface area contributed by atoms with E-state index in [0.29, 0.717) is 0 Å². The summed E-state index contributed by atoms with van der Waals surface area (Å²) in [6.45, 7) is 8.85. The Morgan fingerprint density at radius 2 is 1.68 bits per heavy atom. The van der Waals surface area contributed by atoms with Gasteiger partial charge in [-0.2, -0.15) is 0 Å². The molecule has 2 fully saturated rings. The lowest BCUT2D eigenvalue weighted by Crippen LogP contribution is -2.64. The van der Waals surface area contributed by atoms with Crippen LogP contribution in [-0.2, 0) is 4.79 Å². The summed E-state index contributed by atoms with van der Waals surface area (Å²) in [5.41, 5.74) is -0.606. The monoisotopic (exact) mass is 269 g/mol. The number of aliphatic carboxylic acids is 1. The minimum absolute atomic E-state index is 0.606. The fourth-order valence-corrected chi connectivity index (χ4v) is 3.36. The first-order valence-corrected chi connectivity index (χ1v) is 7.48. The molecule has 0 aromatic carbocycles. The Morgan fingerprint density at radius 3 is 2.16 bits per heavy atom. The molecular weight excluding hydrogens is 242 g/mol. The molecule has 0 atom stereocenters. The van der Waals surface area contributed by atoms with E-state index in [0.717, 1.165) is 65.1 Å². The van der Waals surface area contributed by atoms with Crippen molar-refractivity contribution in [1.82, 2.24) is 14.7 Å². The van der Waals surface area contributed by atoms with Gasteiger partial charge in [-0.15, -0.1) is 0 Å². The van der Waals surface area contributed by atoms with Crippen molar-refractivity contribution in [3.63, 3.8) is 0 Å². The molecule has 0 unspecified atom stereocenters. The van der Waals surface area contributed by atoms with Crippen molar-refractivity contribution in [2.75, 3.05) is 52.9 Å². The van der Waals surface area contributed by atoms with E-state index in [1.807, 2.05) is 0 Å². The molecule has 110 valence electrons. The van der Waals surface area contributed by atoms with E-state index in [4.69, 9.17) is 0 Å². The maximum atomic E-state index is 11.8. The van der Waals surface area contributed by atoms with Crippen molar-refractivity contribution in [2.45, 2.75) is 31.7 Å². The molecule has 19 heavy (non-hydrogen) atoms. The third kappa shape index (κ3) is 3.09. The van der Waals surface area contributed by atoms with Crippen LogP contribution in [0, 0.1) is 0 Å². The first-order valence-electron chi connectivity index (χ1n) is 7.48. The summed E-state index contributed by atoms with van der Waals surface area (Å²) < 4.78 is 0. The fourth-order valence-electron chi connectivity index (χ4n) is 3.36. The van der Waals surface area contributed by atoms with Crippen molar-refractivity contribution >= 4 is 5.97 Å². The van der Waals surface area contributed by atoms with Gasteiger partial charge >= 0.3 is 5.97 Å². The molecule has 0 spiro atoms. The van der Waals surface area contributed by atoms with Gasteiger partial charge in [-0.05, 0) is 32.9 Å². The lowest BCUT2D eigenvalue weighted by Gasteiger charge is -2.48. The zero-order valence-corrected chi connectivity index (χ0v) is 12.3. The van der Waals surface area contributed by atoms with Crippen molar-refractivity contribution in [1.29, 1.82) is 0 Å². The van der Waals surface area contributed by atoms with Crippen molar-refractivity contribution in [3.05, 3.63) is 0 Å². The smallest absolute Gasteiger partial charge is 0.324 e. The van der Waals surface area contributed by atoms with Crippen LogP contribution >= 0.6 is 0 Å². The van der Waals surface area contributed by atoms with E-state index in [1.165, 1.54) is 0 Å². The van der Waals surface area contributed by atoms with Crippen molar-refractivity contribution < 1.29 is 9.90 Å². The second kappa shape index (κ2) is 6.20. The molecule has 0 aliphatic carbocycles. The standard InChI is InChI=1S/C14H27N3O2/c1-3-6-16-7-4-14(5-8-16,13(18)19)17-11-9-15(2)10-12-17/h3-12H2,1-2H3,(H,18,19). The molecule has 0 radical (unpaired) electrons. The molecule has 5 heteroatoms. The number of rotatable bonds is 4. The second-order valence-corrected chi connectivity index (χ2v) is 5.97. The Labute approximate surface area is 116 Å². The SMILES string of the molecule is CCCN1CCC(C(=O)O)(N2CCN(C)CC2)CC1. The largest absolute Gasteiger partial charge is 0.480 e. The third-order valence-corrected chi connectivity index (χ3v) is 4.73. The van der Waals surface area contributed by atoms with Gasteiger partial charge < -0.3 is 14.9 Å². The van der Waals surface area contributed by atoms with Gasteiger partial charge in [-0.1, -0.05) is 6.92 Å². The van der Waals surface area contributed by atoms with Gasteiger partial charge in [0.05, 0.1) is 0 Å². The molecule has 2 aliphatic heterocycles. The van der Waals surface area contributed by atoms with Gasteiger partial charge in [0, 0.05) is 39.3 Å². The van der Waals surface area contributed by atoms with Gasteiger partial charge in [0.15, 0.2) is 0 Å². The van der Waals surface area contributed by atoms with Crippen LogP contribution in [0.1, 0.15) is 26.2 Å². The first kappa shape index (κ1) is 14.8. The van der Waals surface area contributed by atoms with Crippen LogP contribution in [0.25, 0.3) is 0 Å². The quantitative estimate of drug-likeness (QED) is 0.808. The lowest BCUT2D eigenvalue weighted by atomic mass is 9.85. The second-order valence-electron chi connectivity index (χ2n) is 5.97. The minimum atomic E-state index is -0.617. The summed E-state index contributed by atoms with van der Waals surface area (Å²) in [5, 5.41) is 9.75. The van der Waals surface area contributed by atoms with Gasteiger partial charge in [0.2, 0.25) is 0 Å². The molecular formula is C14H27N3O2. The van der Waals surface area contributed by atoms with Gasteiger partial charge in [-0.25, -0.2) is 0 Å². The Morgan fingerprint density at radius 1 is 1.11 bits per heavy atom. The van der Waals surface area contributed by atoms with Crippen LogP contribution in [0.4, 0.5) is 0 Å². The van der Waals surface area contributed by atoms with Crippen LogP contribution < -0.4 is 0 Å². The highest BCUT2D eigenvalue weighted by Crippen LogP contribution is 2.30. The molecule has 0 aromatic rings. The van der Waals surface area contributed by atoms with E-state index in [-0.39, 0.29) is 0 Å². The molecule has 0 amide bonds. The van der Waals surface area contributed by atoms with Crippen LogP contribution in [0.5, 0.6) is 0 Å². The minimum Gasteiger partial charge on any atom is -0.480 e. The predicted molar refractivity (Wildman–Crippen MR) is 75.4 cm³/mol. The van der Waals surface area contributed by atoms with Crippen LogP contribution in [0.2, 0.25) is 0 Å². The highest BCUT2D eigenvalue weighted by atomic mass is 16.4. The van der Waals surface area contributed by atoms with E-state index in [9.17, 15) is 9.90 Å². The van der Waals surface area contributed by atoms with Crippen LogP contribution in [0.3, 0.4) is 0 Å². The topological polar surface area (TPSA) is 47.0 Å². The average Bonchev–Trinajstić information content (AvgIpc) is 2.41. The Bertz CT molecular complexity index is 306. The summed E-state index contributed by atoms with van der Waals surface area (Å²) >= 11 is 0. The molecule has 0 bridgehead atoms. The third-order valence-electron chi connectivity index (χ3n) is 4.73. The molecule has 2 rings (SSSR count). The number of hydrogen-bond acceptors (Lipinski definition) is 4. The number of likely N-dealkylation sites (N-methyl/N-ethyl adjacent to an activating group) is 1. The number of carbonyl (C=O) groups is 1. The van der Waals surface area contributed by atoms with Crippen LogP contribution in [-0.4, -0.2) is 84.2 Å². The summed E-state index contributed by atoms with van der Waals surface area (Å²) in [6.07, 6.45) is 2.69. The molecule has 2 saturated heterocycles. The highest BCUT2D eigenvalue weighted by molar-refractivity contribution is 5.79. The molecule has 1 N–H and O–H groups in total. The number of likely N-dealkylation sites (tertiary alicyclic amines) is 1. The average molecular weight is 269 g/mol. The predicted octanol–water partition coefficient (Wildman–Crippen LogP) is 0.563. The number of carboxylic acids is 1. The molecule has 2 heterocycles. The van der Waals surface area contributed by atoms with E-state index >= 15 is 0 Å².